The van der Waals surface area contributed by atoms with Crippen LogP contribution in [0.2, 0.25) is 0 Å². The molecule has 1 fully saturated rings. The van der Waals surface area contributed by atoms with Crippen LogP contribution in [-0.4, -0.2) is 76.0 Å². The highest BCUT2D eigenvalue weighted by molar-refractivity contribution is 7.85. The van der Waals surface area contributed by atoms with Gasteiger partial charge < -0.3 is 15.2 Å². The first-order valence-electron chi connectivity index (χ1n) is 6.61. The van der Waals surface area contributed by atoms with Crippen LogP contribution in [0.25, 0.3) is 0 Å². The average Bonchev–Trinajstić information content (AvgIpc) is 2.37. The number of hydrogen-bond donors (Lipinski definition) is 2. The van der Waals surface area contributed by atoms with Gasteiger partial charge >= 0.3 is 5.97 Å². The number of likely N-dealkylation sites (N-methyl/N-ethyl adjacent to an activating group) is 1. The van der Waals surface area contributed by atoms with Crippen molar-refractivity contribution in [2.24, 2.45) is 0 Å². The van der Waals surface area contributed by atoms with E-state index in [1.165, 1.54) is 6.92 Å². The Morgan fingerprint density at radius 1 is 1.55 bits per heavy atom. The van der Waals surface area contributed by atoms with Crippen LogP contribution in [-0.2, 0) is 25.1 Å². The topological polar surface area (TPSA) is 95.9 Å². The third-order valence-electron chi connectivity index (χ3n) is 3.07. The fourth-order valence-electron chi connectivity index (χ4n) is 2.05. The van der Waals surface area contributed by atoms with Gasteiger partial charge in [-0.25, -0.2) is 4.79 Å². The number of carbonyl (C=O) groups excluding carboxylic acids is 1. The van der Waals surface area contributed by atoms with E-state index in [1.807, 2.05) is 0 Å². The first-order valence-corrected chi connectivity index (χ1v) is 8.10. The van der Waals surface area contributed by atoms with Crippen LogP contribution in [0, 0.1) is 0 Å². The molecule has 0 bridgehead atoms. The lowest BCUT2D eigenvalue weighted by atomic mass is 10.3. The summed E-state index contributed by atoms with van der Waals surface area (Å²) in [6.07, 6.45) is -0.142. The van der Waals surface area contributed by atoms with Crippen molar-refractivity contribution in [2.45, 2.75) is 26.0 Å². The van der Waals surface area contributed by atoms with E-state index in [-0.39, 0.29) is 11.9 Å². The molecule has 0 aromatic rings. The summed E-state index contributed by atoms with van der Waals surface area (Å²) in [4.78, 5) is 24.1. The van der Waals surface area contributed by atoms with E-state index in [4.69, 9.17) is 9.84 Å². The van der Waals surface area contributed by atoms with E-state index in [0.29, 0.717) is 18.9 Å². The Morgan fingerprint density at radius 3 is 2.80 bits per heavy atom. The summed E-state index contributed by atoms with van der Waals surface area (Å²) < 4.78 is 17.5. The Labute approximate surface area is 121 Å². The molecule has 1 amide bonds. The number of morpholine rings is 1. The molecule has 1 aliphatic heterocycles. The Kier molecular flexibility index (Phi) is 7.11. The lowest BCUT2D eigenvalue weighted by Crippen LogP contribution is -2.47. The number of aliphatic carboxylic acids is 1. The fraction of sp³-hybridized carbons (Fsp3) is 0.833. The Balaban J connectivity index is 2.44. The summed E-state index contributed by atoms with van der Waals surface area (Å²) in [6, 6.07) is -1.11. The second-order valence-corrected chi connectivity index (χ2v) is 6.30. The van der Waals surface area contributed by atoms with Crippen molar-refractivity contribution in [2.75, 3.05) is 37.7 Å². The van der Waals surface area contributed by atoms with Crippen LogP contribution < -0.4 is 5.32 Å². The van der Waals surface area contributed by atoms with Crippen molar-refractivity contribution in [3.63, 3.8) is 0 Å². The van der Waals surface area contributed by atoms with Gasteiger partial charge in [0.25, 0.3) is 0 Å². The minimum absolute atomic E-state index is 0.0963. The maximum absolute atomic E-state index is 12.0. The normalized spacial score (nSPS) is 23.0. The summed E-state index contributed by atoms with van der Waals surface area (Å²) in [6.45, 7) is 6.38. The van der Waals surface area contributed by atoms with Gasteiger partial charge in [-0.3, -0.25) is 13.9 Å². The SMILES string of the molecule is CCN1CCOC(CS(=O)C[C@H](NC(C)=O)C(=O)O)C1. The van der Waals surface area contributed by atoms with Crippen molar-refractivity contribution in [1.82, 2.24) is 10.2 Å². The van der Waals surface area contributed by atoms with Gasteiger partial charge in [-0.2, -0.15) is 0 Å². The number of hydrogen-bond acceptors (Lipinski definition) is 5. The van der Waals surface area contributed by atoms with Crippen LogP contribution in [0.3, 0.4) is 0 Å². The number of rotatable bonds is 7. The van der Waals surface area contributed by atoms with E-state index >= 15 is 0 Å². The number of nitrogens with zero attached hydrogens (tertiary/aromatic N) is 1. The van der Waals surface area contributed by atoms with Gasteiger partial charge in [0.1, 0.15) is 6.04 Å². The third kappa shape index (κ3) is 5.98. The molecule has 0 aromatic heterocycles. The van der Waals surface area contributed by atoms with Crippen molar-refractivity contribution < 1.29 is 23.6 Å². The summed E-state index contributed by atoms with van der Waals surface area (Å²) in [5.74, 6) is -1.42. The molecule has 2 unspecified atom stereocenters. The lowest BCUT2D eigenvalue weighted by molar-refractivity contribution is -0.140. The number of carbonyl (C=O) groups is 2. The van der Waals surface area contributed by atoms with E-state index in [0.717, 1.165) is 13.1 Å². The predicted molar refractivity (Wildman–Crippen MR) is 75.0 cm³/mol. The first-order chi connectivity index (χ1) is 9.42. The zero-order valence-electron chi connectivity index (χ0n) is 11.8. The summed E-state index contributed by atoms with van der Waals surface area (Å²) >= 11 is 0. The molecule has 1 rings (SSSR count). The van der Waals surface area contributed by atoms with Crippen molar-refractivity contribution in [1.29, 1.82) is 0 Å². The zero-order chi connectivity index (χ0) is 15.1. The molecule has 1 aliphatic rings. The van der Waals surface area contributed by atoms with Gasteiger partial charge in [-0.1, -0.05) is 6.92 Å². The van der Waals surface area contributed by atoms with Gasteiger partial charge in [0.15, 0.2) is 0 Å². The molecule has 1 heterocycles. The predicted octanol–water partition coefficient (Wildman–Crippen LogP) is -0.955. The summed E-state index contributed by atoms with van der Waals surface area (Å²) in [5.41, 5.74) is 0. The monoisotopic (exact) mass is 306 g/mol. The molecule has 7 nitrogen and oxygen atoms in total. The smallest absolute Gasteiger partial charge is 0.327 e. The summed E-state index contributed by atoms with van der Waals surface area (Å²) in [7, 11) is -1.35. The van der Waals surface area contributed by atoms with E-state index in [9.17, 15) is 13.8 Å². The van der Waals surface area contributed by atoms with Crippen LogP contribution in [0.1, 0.15) is 13.8 Å². The lowest BCUT2D eigenvalue weighted by Gasteiger charge is -2.31. The van der Waals surface area contributed by atoms with Crippen LogP contribution in [0.4, 0.5) is 0 Å². The number of carboxylic acids is 1. The maximum Gasteiger partial charge on any atom is 0.327 e. The maximum atomic E-state index is 12.0. The van der Waals surface area contributed by atoms with Gasteiger partial charge in [-0.05, 0) is 6.54 Å². The van der Waals surface area contributed by atoms with E-state index in [1.54, 1.807) is 0 Å². The number of amides is 1. The molecule has 2 N–H and O–H groups in total. The minimum atomic E-state index is -1.35. The fourth-order valence-corrected chi connectivity index (χ4v) is 3.40. The van der Waals surface area contributed by atoms with Gasteiger partial charge in [0.05, 0.1) is 24.2 Å². The molecule has 0 saturated carbocycles. The van der Waals surface area contributed by atoms with Crippen molar-refractivity contribution in [3.8, 4) is 0 Å². The molecule has 3 atom stereocenters. The Hall–Kier alpha value is -0.990. The third-order valence-corrected chi connectivity index (χ3v) is 4.52. The molecule has 0 aliphatic carbocycles. The average molecular weight is 306 g/mol. The van der Waals surface area contributed by atoms with Gasteiger partial charge in [0, 0.05) is 30.8 Å². The van der Waals surface area contributed by atoms with Crippen LogP contribution >= 0.6 is 0 Å². The number of carboxylic acid groups (broad SMARTS) is 1. The first kappa shape index (κ1) is 17.1. The van der Waals surface area contributed by atoms with Crippen LogP contribution in [0.5, 0.6) is 0 Å². The van der Waals surface area contributed by atoms with Crippen molar-refractivity contribution in [3.05, 3.63) is 0 Å². The molecular formula is C12H22N2O5S. The second kappa shape index (κ2) is 8.33. The minimum Gasteiger partial charge on any atom is -0.480 e. The highest BCUT2D eigenvalue weighted by Crippen LogP contribution is 2.07. The molecule has 0 aromatic carbocycles. The quantitative estimate of drug-likeness (QED) is 0.629. The molecule has 8 heteroatoms. The Bertz CT molecular complexity index is 377. The molecule has 20 heavy (non-hydrogen) atoms. The molecule has 1 saturated heterocycles. The van der Waals surface area contributed by atoms with Crippen molar-refractivity contribution >= 4 is 22.7 Å². The van der Waals surface area contributed by atoms with Crippen LogP contribution in [0.15, 0.2) is 0 Å². The van der Waals surface area contributed by atoms with E-state index in [2.05, 4.69) is 17.1 Å². The largest absolute Gasteiger partial charge is 0.480 e. The second-order valence-electron chi connectivity index (χ2n) is 4.75. The van der Waals surface area contributed by atoms with Gasteiger partial charge in [0.2, 0.25) is 5.91 Å². The summed E-state index contributed by atoms with van der Waals surface area (Å²) in [5, 5.41) is 11.3. The highest BCUT2D eigenvalue weighted by Gasteiger charge is 2.25. The highest BCUT2D eigenvalue weighted by atomic mass is 32.2. The number of ether oxygens (including phenoxy) is 1. The molecule has 116 valence electrons. The molecule has 0 radical (unpaired) electrons. The zero-order valence-corrected chi connectivity index (χ0v) is 12.6. The molecular weight excluding hydrogens is 284 g/mol. The Morgan fingerprint density at radius 2 is 2.25 bits per heavy atom. The van der Waals surface area contributed by atoms with Gasteiger partial charge in [-0.15, -0.1) is 0 Å². The number of nitrogens with one attached hydrogen (secondary N) is 1. The molecule has 0 spiro atoms. The standard InChI is InChI=1S/C12H22N2O5S/c1-3-14-4-5-19-10(6-14)7-20(18)8-11(12(16)17)13-9(2)15/h10-11H,3-8H2,1-2H3,(H,13,15)(H,16,17)/t10?,11-,20?/m0/s1. The van der Waals surface area contributed by atoms with E-state index < -0.39 is 28.7 Å².